The molecular weight excluding hydrogens is 208 g/mol. The van der Waals surface area contributed by atoms with E-state index in [0.717, 1.165) is 15.3 Å². The van der Waals surface area contributed by atoms with Crippen LogP contribution in [-0.4, -0.2) is 21.1 Å². The second kappa shape index (κ2) is 3.04. The predicted molar refractivity (Wildman–Crippen MR) is 51.3 cm³/mol. The van der Waals surface area contributed by atoms with Crippen LogP contribution in [0.5, 0.6) is 0 Å². The quantitative estimate of drug-likeness (QED) is 0.328. The summed E-state index contributed by atoms with van der Waals surface area (Å²) < 4.78 is 0.995. The number of hydrogen-bond donors (Lipinski definition) is 1. The van der Waals surface area contributed by atoms with Crippen LogP contribution in [0.1, 0.15) is 20.7 Å². The van der Waals surface area contributed by atoms with Crippen molar-refractivity contribution in [2.75, 3.05) is 0 Å². The van der Waals surface area contributed by atoms with Gasteiger partial charge in [-0.1, -0.05) is 11.7 Å². The van der Waals surface area contributed by atoms with E-state index in [0.29, 0.717) is 11.1 Å². The molecule has 0 N–H and O–H groups in total. The number of pyridine rings is 1. The summed E-state index contributed by atoms with van der Waals surface area (Å²) in [7, 11) is 0.806. The molecule has 0 aromatic carbocycles. The predicted octanol–water partition coefficient (Wildman–Crippen LogP) is 1.17. The second-order valence-electron chi connectivity index (χ2n) is 2.41. The number of hydrogen-bond acceptors (Lipinski definition) is 5. The molecule has 0 aliphatic carbocycles. The lowest BCUT2D eigenvalue weighted by atomic mass is 10.2. The van der Waals surface area contributed by atoms with Gasteiger partial charge in [0.25, 0.3) is 11.8 Å². The molecule has 0 radical (unpaired) electrons. The van der Waals surface area contributed by atoms with Crippen molar-refractivity contribution in [3.05, 3.63) is 29.6 Å². The van der Waals surface area contributed by atoms with Gasteiger partial charge in [0.2, 0.25) is 0 Å². The van der Waals surface area contributed by atoms with Crippen molar-refractivity contribution in [3.8, 4) is 0 Å². The van der Waals surface area contributed by atoms with Crippen molar-refractivity contribution in [2.45, 2.75) is 0 Å². The highest BCUT2D eigenvalue weighted by atomic mass is 33.1. The first kappa shape index (κ1) is 8.58. The van der Waals surface area contributed by atoms with Crippen LogP contribution in [-0.2, 0) is 0 Å². The normalized spacial score (nSPS) is 15.0. The Morgan fingerprint density at radius 2 is 2.00 bits per heavy atom. The number of carbonyl (C=O) groups is 2. The van der Waals surface area contributed by atoms with Crippen molar-refractivity contribution in [1.29, 1.82) is 0 Å². The first-order valence-corrected chi connectivity index (χ1v) is 5.22. The summed E-state index contributed by atoms with van der Waals surface area (Å²) in [6.07, 6.45) is 2.87. The zero-order valence-corrected chi connectivity index (χ0v) is 8.01. The molecule has 66 valence electrons. The maximum atomic E-state index is 11.4. The summed E-state index contributed by atoms with van der Waals surface area (Å²) in [6, 6.07) is 1.53. The highest BCUT2D eigenvalue weighted by molar-refractivity contribution is 8.67. The number of thiol groups is 1. The van der Waals surface area contributed by atoms with E-state index in [2.05, 4.69) is 16.6 Å². The lowest BCUT2D eigenvalue weighted by Crippen LogP contribution is -2.20. The molecule has 2 amide bonds. The van der Waals surface area contributed by atoms with E-state index in [9.17, 15) is 9.59 Å². The molecule has 0 unspecified atom stereocenters. The monoisotopic (exact) mass is 212 g/mol. The van der Waals surface area contributed by atoms with E-state index < -0.39 is 0 Å². The molecule has 2 heterocycles. The van der Waals surface area contributed by atoms with Crippen LogP contribution in [0.15, 0.2) is 18.5 Å². The third-order valence-electron chi connectivity index (χ3n) is 1.73. The fourth-order valence-electron chi connectivity index (χ4n) is 1.14. The van der Waals surface area contributed by atoms with Crippen LogP contribution in [0.25, 0.3) is 0 Å². The molecule has 6 heteroatoms. The summed E-state index contributed by atoms with van der Waals surface area (Å²) in [4.78, 5) is 26.7. The van der Waals surface area contributed by atoms with Crippen molar-refractivity contribution in [1.82, 2.24) is 9.29 Å². The number of amides is 2. The highest BCUT2D eigenvalue weighted by Gasteiger charge is 2.35. The summed E-state index contributed by atoms with van der Waals surface area (Å²) >= 11 is 3.82. The number of aromatic nitrogens is 1. The molecule has 0 atom stereocenters. The van der Waals surface area contributed by atoms with Crippen LogP contribution < -0.4 is 0 Å². The van der Waals surface area contributed by atoms with Crippen LogP contribution in [0.2, 0.25) is 0 Å². The zero-order valence-electron chi connectivity index (χ0n) is 6.30. The minimum absolute atomic E-state index is 0.331. The van der Waals surface area contributed by atoms with E-state index in [-0.39, 0.29) is 11.8 Å². The molecule has 13 heavy (non-hydrogen) atoms. The number of rotatable bonds is 1. The first-order chi connectivity index (χ1) is 6.25. The van der Waals surface area contributed by atoms with Crippen LogP contribution in [0.3, 0.4) is 0 Å². The molecule has 1 aromatic rings. The molecule has 0 saturated heterocycles. The summed E-state index contributed by atoms with van der Waals surface area (Å²) in [6.45, 7) is 0. The van der Waals surface area contributed by atoms with E-state index >= 15 is 0 Å². The Morgan fingerprint density at radius 3 is 2.62 bits per heavy atom. The van der Waals surface area contributed by atoms with Crippen molar-refractivity contribution >= 4 is 34.5 Å². The van der Waals surface area contributed by atoms with E-state index in [4.69, 9.17) is 0 Å². The summed E-state index contributed by atoms with van der Waals surface area (Å²) in [5, 5.41) is 0. The van der Waals surface area contributed by atoms with Crippen LogP contribution in [0.4, 0.5) is 0 Å². The Labute approximate surface area is 83.3 Å². The molecule has 1 aromatic heterocycles. The van der Waals surface area contributed by atoms with Gasteiger partial charge < -0.3 is 0 Å². The van der Waals surface area contributed by atoms with Gasteiger partial charge in [-0.25, -0.2) is 4.31 Å². The second-order valence-corrected chi connectivity index (χ2v) is 3.43. The third kappa shape index (κ3) is 1.13. The largest absolute Gasteiger partial charge is 0.273 e. The van der Waals surface area contributed by atoms with E-state index in [1.54, 1.807) is 0 Å². The van der Waals surface area contributed by atoms with Gasteiger partial charge in [0.15, 0.2) is 0 Å². The van der Waals surface area contributed by atoms with Gasteiger partial charge in [-0.05, 0) is 6.07 Å². The maximum absolute atomic E-state index is 11.4. The van der Waals surface area contributed by atoms with Crippen molar-refractivity contribution < 1.29 is 9.59 Å². The number of fused-ring (bicyclic) bond motifs is 1. The molecule has 0 fully saturated rings. The average molecular weight is 212 g/mol. The SMILES string of the molecule is O=C1c2ccncc2C(=O)N1SS. The maximum Gasteiger partial charge on any atom is 0.273 e. The molecular formula is C7H4N2O2S2. The molecule has 0 bridgehead atoms. The molecule has 0 saturated carbocycles. The van der Waals surface area contributed by atoms with Crippen molar-refractivity contribution in [3.63, 3.8) is 0 Å². The Bertz CT molecular complexity index is 359. The minimum atomic E-state index is -0.354. The number of carbonyl (C=O) groups excluding carboxylic acids is 2. The highest BCUT2D eigenvalue weighted by Crippen LogP contribution is 2.28. The molecule has 1 aliphatic heterocycles. The minimum Gasteiger partial charge on any atom is -0.268 e. The fraction of sp³-hybridized carbons (Fsp3) is 0. The summed E-state index contributed by atoms with van der Waals surface area (Å²) in [5.74, 6) is -0.685. The zero-order chi connectivity index (χ0) is 9.42. The number of nitrogens with zero attached hydrogens (tertiary/aromatic N) is 2. The van der Waals surface area contributed by atoms with Crippen LogP contribution in [0, 0.1) is 0 Å². The smallest absolute Gasteiger partial charge is 0.268 e. The molecule has 1 aliphatic rings. The lowest BCUT2D eigenvalue weighted by molar-refractivity contribution is 0.0779. The fourth-order valence-corrected chi connectivity index (χ4v) is 1.93. The first-order valence-electron chi connectivity index (χ1n) is 3.40. The number of imide groups is 1. The summed E-state index contributed by atoms with van der Waals surface area (Å²) in [5.41, 5.74) is 0.732. The Morgan fingerprint density at radius 1 is 1.31 bits per heavy atom. The van der Waals surface area contributed by atoms with Gasteiger partial charge in [0, 0.05) is 23.4 Å². The third-order valence-corrected chi connectivity index (χ3v) is 2.72. The van der Waals surface area contributed by atoms with E-state index in [1.807, 2.05) is 0 Å². The Hall–Kier alpha value is -1.01. The molecule has 0 spiro atoms. The van der Waals surface area contributed by atoms with Gasteiger partial charge in [0.1, 0.15) is 0 Å². The van der Waals surface area contributed by atoms with E-state index in [1.165, 1.54) is 18.5 Å². The topological polar surface area (TPSA) is 50.3 Å². The van der Waals surface area contributed by atoms with Crippen LogP contribution >= 0.6 is 22.6 Å². The van der Waals surface area contributed by atoms with Gasteiger partial charge in [0.05, 0.1) is 11.1 Å². The van der Waals surface area contributed by atoms with Gasteiger partial charge in [-0.2, -0.15) is 0 Å². The lowest BCUT2D eigenvalue weighted by Gasteiger charge is -2.05. The standard InChI is InChI=1S/C7H4N2O2S2/c10-6-4-1-2-8-3-5(4)7(11)9(6)13-12/h1-3,12H. The van der Waals surface area contributed by atoms with Gasteiger partial charge in [-0.15, -0.1) is 0 Å². The average Bonchev–Trinajstić information content (AvgIpc) is 2.41. The molecule has 4 nitrogen and oxygen atoms in total. The van der Waals surface area contributed by atoms with Gasteiger partial charge in [-0.3, -0.25) is 14.6 Å². The van der Waals surface area contributed by atoms with Gasteiger partial charge >= 0.3 is 0 Å². The Kier molecular flexibility index (Phi) is 2.01. The van der Waals surface area contributed by atoms with Crippen molar-refractivity contribution in [2.24, 2.45) is 0 Å². The Balaban J connectivity index is 2.57. The molecule has 2 rings (SSSR count).